The van der Waals surface area contributed by atoms with Crippen LogP contribution in [0.2, 0.25) is 0 Å². The summed E-state index contributed by atoms with van der Waals surface area (Å²) >= 11 is 0. The van der Waals surface area contributed by atoms with Gasteiger partial charge in [-0.3, -0.25) is 0 Å². The summed E-state index contributed by atoms with van der Waals surface area (Å²) in [6.07, 6.45) is 3.52. The molecule has 0 heterocycles. The van der Waals surface area contributed by atoms with E-state index in [-0.39, 0.29) is 5.97 Å². The first-order chi connectivity index (χ1) is 8.16. The van der Waals surface area contributed by atoms with Crippen molar-refractivity contribution in [2.45, 2.75) is 38.2 Å². The van der Waals surface area contributed by atoms with Crippen LogP contribution in [-0.4, -0.2) is 18.7 Å². The summed E-state index contributed by atoms with van der Waals surface area (Å²) in [6.45, 7) is 2.02. The zero-order chi connectivity index (χ0) is 12.3. The van der Waals surface area contributed by atoms with Crippen LogP contribution < -0.4 is 4.74 Å². The van der Waals surface area contributed by atoms with E-state index in [4.69, 9.17) is 9.47 Å². The fourth-order valence-electron chi connectivity index (χ4n) is 2.31. The number of hydrogen-bond acceptors (Lipinski definition) is 3. The molecule has 1 aromatic rings. The maximum absolute atomic E-state index is 11.9. The van der Waals surface area contributed by atoms with Crippen molar-refractivity contribution in [1.29, 1.82) is 0 Å². The van der Waals surface area contributed by atoms with Crippen LogP contribution in [0.25, 0.3) is 0 Å². The Bertz CT molecular complexity index is 388. The van der Waals surface area contributed by atoms with Gasteiger partial charge in [0, 0.05) is 0 Å². The molecule has 1 aromatic carbocycles. The molecule has 0 N–H and O–H groups in total. The third-order valence-electron chi connectivity index (χ3n) is 3.30. The molecule has 0 radical (unpaired) electrons. The average molecular weight is 234 g/mol. The summed E-state index contributed by atoms with van der Waals surface area (Å²) in [6, 6.07) is 7.77. The monoisotopic (exact) mass is 234 g/mol. The lowest BCUT2D eigenvalue weighted by molar-refractivity contribution is -0.158. The van der Waals surface area contributed by atoms with Crippen LogP contribution in [0.1, 0.15) is 31.2 Å². The molecule has 92 valence electrons. The van der Waals surface area contributed by atoms with Crippen LogP contribution >= 0.6 is 0 Å². The molecule has 0 spiro atoms. The highest BCUT2D eigenvalue weighted by atomic mass is 16.6. The summed E-state index contributed by atoms with van der Waals surface area (Å²) in [4.78, 5) is 11.9. The molecule has 17 heavy (non-hydrogen) atoms. The van der Waals surface area contributed by atoms with Crippen LogP contribution in [0.5, 0.6) is 5.75 Å². The summed E-state index contributed by atoms with van der Waals surface area (Å²) in [7, 11) is 1.42. The number of aryl methyl sites for hydroxylation is 1. The van der Waals surface area contributed by atoms with E-state index in [2.05, 4.69) is 0 Å². The van der Waals surface area contributed by atoms with Gasteiger partial charge in [0.2, 0.25) is 5.60 Å². The fraction of sp³-hybridized carbons (Fsp3) is 0.500. The van der Waals surface area contributed by atoms with Gasteiger partial charge in [-0.1, -0.05) is 17.7 Å². The van der Waals surface area contributed by atoms with E-state index in [0.29, 0.717) is 0 Å². The van der Waals surface area contributed by atoms with Gasteiger partial charge in [-0.2, -0.15) is 0 Å². The molecule has 1 fully saturated rings. The number of hydrogen-bond donors (Lipinski definition) is 0. The minimum absolute atomic E-state index is 0.254. The molecule has 0 bridgehead atoms. The molecular formula is C14H18O3. The molecule has 0 atom stereocenters. The Morgan fingerprint density at radius 1 is 1.18 bits per heavy atom. The van der Waals surface area contributed by atoms with E-state index in [1.165, 1.54) is 12.7 Å². The summed E-state index contributed by atoms with van der Waals surface area (Å²) in [5.41, 5.74) is 0.417. The van der Waals surface area contributed by atoms with Gasteiger partial charge in [0.1, 0.15) is 5.75 Å². The van der Waals surface area contributed by atoms with Gasteiger partial charge in [-0.05, 0) is 44.7 Å². The zero-order valence-corrected chi connectivity index (χ0v) is 10.4. The SMILES string of the molecule is COC(=O)C1(Oc2ccc(C)cc2)CCCC1. The lowest BCUT2D eigenvalue weighted by atomic mass is 10.0. The van der Waals surface area contributed by atoms with Crippen LogP contribution in [-0.2, 0) is 9.53 Å². The molecular weight excluding hydrogens is 216 g/mol. The second-order valence-electron chi connectivity index (χ2n) is 4.61. The van der Waals surface area contributed by atoms with E-state index in [1.807, 2.05) is 31.2 Å². The largest absolute Gasteiger partial charge is 0.476 e. The van der Waals surface area contributed by atoms with Gasteiger partial charge in [-0.25, -0.2) is 4.79 Å². The number of benzene rings is 1. The fourth-order valence-corrected chi connectivity index (χ4v) is 2.31. The first kappa shape index (κ1) is 12.0. The van der Waals surface area contributed by atoms with Crippen molar-refractivity contribution < 1.29 is 14.3 Å². The van der Waals surface area contributed by atoms with E-state index >= 15 is 0 Å². The molecule has 0 saturated heterocycles. The second kappa shape index (κ2) is 4.78. The van der Waals surface area contributed by atoms with Crippen molar-refractivity contribution in [3.8, 4) is 5.75 Å². The maximum atomic E-state index is 11.9. The highest BCUT2D eigenvalue weighted by Crippen LogP contribution is 2.35. The van der Waals surface area contributed by atoms with E-state index in [1.54, 1.807) is 0 Å². The van der Waals surface area contributed by atoms with Crippen molar-refractivity contribution in [1.82, 2.24) is 0 Å². The molecule has 3 nitrogen and oxygen atoms in total. The molecule has 0 amide bonds. The summed E-state index contributed by atoms with van der Waals surface area (Å²) in [5.74, 6) is 0.485. The van der Waals surface area contributed by atoms with Crippen LogP contribution in [0, 0.1) is 6.92 Å². The van der Waals surface area contributed by atoms with Crippen molar-refractivity contribution in [2.75, 3.05) is 7.11 Å². The quantitative estimate of drug-likeness (QED) is 0.754. The predicted octanol–water partition coefficient (Wildman–Crippen LogP) is 2.86. The smallest absolute Gasteiger partial charge is 0.350 e. The Labute approximate surface area is 102 Å². The predicted molar refractivity (Wildman–Crippen MR) is 65.0 cm³/mol. The van der Waals surface area contributed by atoms with Crippen molar-refractivity contribution in [3.05, 3.63) is 29.8 Å². The summed E-state index contributed by atoms with van der Waals surface area (Å²) < 4.78 is 10.8. The highest BCUT2D eigenvalue weighted by Gasteiger charge is 2.44. The highest BCUT2D eigenvalue weighted by molar-refractivity contribution is 5.80. The Balaban J connectivity index is 2.18. The number of methoxy groups -OCH3 is 1. The van der Waals surface area contributed by atoms with Gasteiger partial charge in [0.05, 0.1) is 7.11 Å². The Morgan fingerprint density at radius 3 is 2.29 bits per heavy atom. The van der Waals surface area contributed by atoms with E-state index < -0.39 is 5.60 Å². The third kappa shape index (κ3) is 2.43. The first-order valence-corrected chi connectivity index (χ1v) is 6.00. The molecule has 1 aliphatic rings. The Hall–Kier alpha value is -1.51. The third-order valence-corrected chi connectivity index (χ3v) is 3.30. The van der Waals surface area contributed by atoms with E-state index in [9.17, 15) is 4.79 Å². The molecule has 3 heteroatoms. The maximum Gasteiger partial charge on any atom is 0.350 e. The van der Waals surface area contributed by atoms with Crippen molar-refractivity contribution in [3.63, 3.8) is 0 Å². The minimum atomic E-state index is -0.760. The minimum Gasteiger partial charge on any atom is -0.476 e. The van der Waals surface area contributed by atoms with Crippen molar-refractivity contribution in [2.24, 2.45) is 0 Å². The second-order valence-corrected chi connectivity index (χ2v) is 4.61. The Morgan fingerprint density at radius 2 is 1.76 bits per heavy atom. The number of rotatable bonds is 3. The summed E-state index contributed by atoms with van der Waals surface area (Å²) in [5, 5.41) is 0. The zero-order valence-electron chi connectivity index (χ0n) is 10.4. The van der Waals surface area contributed by atoms with Crippen LogP contribution in [0.3, 0.4) is 0 Å². The average Bonchev–Trinajstić information content (AvgIpc) is 2.81. The van der Waals surface area contributed by atoms with Gasteiger partial charge < -0.3 is 9.47 Å². The number of ether oxygens (including phenoxy) is 2. The lowest BCUT2D eigenvalue weighted by Gasteiger charge is -2.27. The van der Waals surface area contributed by atoms with Crippen LogP contribution in [0.4, 0.5) is 0 Å². The molecule has 0 aromatic heterocycles. The normalized spacial score (nSPS) is 17.8. The number of esters is 1. The van der Waals surface area contributed by atoms with Gasteiger partial charge in [-0.15, -0.1) is 0 Å². The van der Waals surface area contributed by atoms with Gasteiger partial charge >= 0.3 is 5.97 Å². The van der Waals surface area contributed by atoms with Gasteiger partial charge in [0.15, 0.2) is 0 Å². The lowest BCUT2D eigenvalue weighted by Crippen LogP contribution is -2.42. The first-order valence-electron chi connectivity index (χ1n) is 6.00. The topological polar surface area (TPSA) is 35.5 Å². The van der Waals surface area contributed by atoms with Gasteiger partial charge in [0.25, 0.3) is 0 Å². The Kier molecular flexibility index (Phi) is 3.36. The standard InChI is InChI=1S/C14H18O3/c1-11-5-7-12(8-6-11)17-14(13(15)16-2)9-3-4-10-14/h5-8H,3-4,9-10H2,1-2H3. The van der Waals surface area contributed by atoms with Crippen molar-refractivity contribution >= 4 is 5.97 Å². The van der Waals surface area contributed by atoms with Crippen LogP contribution in [0.15, 0.2) is 24.3 Å². The molecule has 1 aliphatic carbocycles. The number of carbonyl (C=O) groups is 1. The molecule has 0 unspecified atom stereocenters. The molecule has 0 aliphatic heterocycles. The molecule has 1 saturated carbocycles. The van der Waals surface area contributed by atoms with E-state index in [0.717, 1.165) is 31.4 Å². The number of carbonyl (C=O) groups excluding carboxylic acids is 1. The molecule has 2 rings (SSSR count).